The van der Waals surface area contributed by atoms with Gasteiger partial charge in [0.15, 0.2) is 6.29 Å². The summed E-state index contributed by atoms with van der Waals surface area (Å²) in [6.45, 7) is 0. The van der Waals surface area contributed by atoms with E-state index in [-0.39, 0.29) is 0 Å². The second kappa shape index (κ2) is 13.6. The molecule has 1 heteroatoms. The van der Waals surface area contributed by atoms with Crippen LogP contribution in [-0.4, -0.2) is 6.29 Å². The van der Waals surface area contributed by atoms with E-state index in [2.05, 4.69) is 0 Å². The summed E-state index contributed by atoms with van der Waals surface area (Å²) in [5, 5.41) is 0. The van der Waals surface area contributed by atoms with Gasteiger partial charge in [-0.25, -0.2) is 0 Å². The minimum atomic E-state index is 0.640. The molecule has 0 aromatic rings. The lowest BCUT2D eigenvalue weighted by Crippen LogP contribution is -1.84. The molecular weight excluding hydrogens is 244 g/mol. The first-order chi connectivity index (χ1) is 9.93. The first kappa shape index (κ1) is 17.7. The molecule has 1 saturated carbocycles. The van der Waals surface area contributed by atoms with Crippen molar-refractivity contribution < 1.29 is 4.79 Å². The van der Waals surface area contributed by atoms with E-state index in [4.69, 9.17) is 0 Å². The smallest absolute Gasteiger partial charge is 0.198 e. The third-order valence-electron chi connectivity index (χ3n) is 4.59. The number of carbonyl (C=O) groups excluding carboxylic acids is 1. The van der Waals surface area contributed by atoms with Crippen molar-refractivity contribution in [3.05, 3.63) is 0 Å². The van der Waals surface area contributed by atoms with Crippen molar-refractivity contribution in [2.75, 3.05) is 0 Å². The summed E-state index contributed by atoms with van der Waals surface area (Å²) in [6.07, 6.45) is 25.2. The molecule has 0 aliphatic heterocycles. The topological polar surface area (TPSA) is 17.1 Å². The standard InChI is InChI=1S/C19H35O/c20-18-14-12-10-8-6-4-2-1-3-5-7-9-11-13-15-19-16-17-19/h19H,1-17H2. The molecule has 117 valence electrons. The van der Waals surface area contributed by atoms with E-state index in [9.17, 15) is 4.79 Å². The van der Waals surface area contributed by atoms with Gasteiger partial charge < -0.3 is 0 Å². The minimum Gasteiger partial charge on any atom is -0.291 e. The van der Waals surface area contributed by atoms with E-state index in [1.807, 2.05) is 6.29 Å². The maximum Gasteiger partial charge on any atom is 0.198 e. The molecule has 0 aromatic heterocycles. The van der Waals surface area contributed by atoms with Gasteiger partial charge in [0.05, 0.1) is 0 Å². The molecule has 1 fully saturated rings. The van der Waals surface area contributed by atoms with Crippen molar-refractivity contribution in [3.63, 3.8) is 0 Å². The van der Waals surface area contributed by atoms with Gasteiger partial charge in [-0.15, -0.1) is 0 Å². The molecule has 1 aliphatic carbocycles. The van der Waals surface area contributed by atoms with Crippen molar-refractivity contribution in [2.45, 2.75) is 109 Å². The van der Waals surface area contributed by atoms with Crippen LogP contribution in [0.1, 0.15) is 109 Å². The highest BCUT2D eigenvalue weighted by atomic mass is 16.1. The molecule has 0 unspecified atom stereocenters. The van der Waals surface area contributed by atoms with Gasteiger partial charge in [-0.1, -0.05) is 96.3 Å². The van der Waals surface area contributed by atoms with Crippen molar-refractivity contribution in [1.82, 2.24) is 0 Å². The fourth-order valence-electron chi connectivity index (χ4n) is 2.98. The summed E-state index contributed by atoms with van der Waals surface area (Å²) < 4.78 is 0. The Morgan fingerprint density at radius 3 is 1.40 bits per heavy atom. The van der Waals surface area contributed by atoms with Gasteiger partial charge in [0, 0.05) is 6.42 Å². The average molecular weight is 279 g/mol. The van der Waals surface area contributed by atoms with Gasteiger partial charge in [-0.2, -0.15) is 0 Å². The molecule has 1 nitrogen and oxygen atoms in total. The van der Waals surface area contributed by atoms with Crippen molar-refractivity contribution >= 4 is 6.29 Å². The van der Waals surface area contributed by atoms with E-state index in [0.717, 1.165) is 12.3 Å². The lowest BCUT2D eigenvalue weighted by atomic mass is 10.0. The molecule has 0 spiro atoms. The molecule has 0 bridgehead atoms. The van der Waals surface area contributed by atoms with Crippen LogP contribution in [0, 0.1) is 5.92 Å². The summed E-state index contributed by atoms with van der Waals surface area (Å²) in [7, 11) is 0. The Morgan fingerprint density at radius 1 is 0.600 bits per heavy atom. The molecule has 1 rings (SSSR count). The van der Waals surface area contributed by atoms with E-state index >= 15 is 0 Å². The Balaban J connectivity index is 1.61. The zero-order valence-corrected chi connectivity index (χ0v) is 13.5. The van der Waals surface area contributed by atoms with Crippen LogP contribution in [-0.2, 0) is 4.79 Å². The molecule has 0 N–H and O–H groups in total. The molecule has 0 saturated heterocycles. The summed E-state index contributed by atoms with van der Waals surface area (Å²) in [6, 6.07) is 0. The lowest BCUT2D eigenvalue weighted by molar-refractivity contribution is 0.524. The van der Waals surface area contributed by atoms with Crippen LogP contribution >= 0.6 is 0 Å². The van der Waals surface area contributed by atoms with E-state index < -0.39 is 0 Å². The maximum atomic E-state index is 10.0. The number of hydrogen-bond donors (Lipinski definition) is 0. The minimum absolute atomic E-state index is 0.640. The van der Waals surface area contributed by atoms with Gasteiger partial charge >= 0.3 is 0 Å². The summed E-state index contributed by atoms with van der Waals surface area (Å²) in [5.41, 5.74) is 0. The molecule has 0 atom stereocenters. The Morgan fingerprint density at radius 2 is 1.00 bits per heavy atom. The molecule has 0 heterocycles. The van der Waals surface area contributed by atoms with Crippen LogP contribution in [0.3, 0.4) is 0 Å². The average Bonchev–Trinajstić information content (AvgIpc) is 3.27. The van der Waals surface area contributed by atoms with Gasteiger partial charge in [0.2, 0.25) is 0 Å². The number of hydrogen-bond acceptors (Lipinski definition) is 1. The van der Waals surface area contributed by atoms with Crippen molar-refractivity contribution in [2.24, 2.45) is 5.92 Å². The highest BCUT2D eigenvalue weighted by Gasteiger charge is 2.19. The maximum absolute atomic E-state index is 10.0. The molecule has 0 amide bonds. The van der Waals surface area contributed by atoms with Crippen molar-refractivity contribution in [1.29, 1.82) is 0 Å². The Bertz CT molecular complexity index is 208. The summed E-state index contributed by atoms with van der Waals surface area (Å²) >= 11 is 0. The monoisotopic (exact) mass is 279 g/mol. The van der Waals surface area contributed by atoms with E-state index in [0.29, 0.717) is 6.42 Å². The first-order valence-electron chi connectivity index (χ1n) is 9.28. The lowest BCUT2D eigenvalue weighted by Gasteiger charge is -2.03. The molecule has 20 heavy (non-hydrogen) atoms. The third kappa shape index (κ3) is 12.7. The number of unbranched alkanes of at least 4 members (excludes halogenated alkanes) is 13. The first-order valence-corrected chi connectivity index (χ1v) is 9.28. The van der Waals surface area contributed by atoms with Gasteiger partial charge in [-0.05, 0) is 12.3 Å². The Hall–Kier alpha value is -0.330. The van der Waals surface area contributed by atoms with E-state index in [1.54, 1.807) is 0 Å². The van der Waals surface area contributed by atoms with Crippen LogP contribution in [0.5, 0.6) is 0 Å². The molecular formula is C19H35O. The zero-order chi connectivity index (χ0) is 14.3. The molecule has 0 aromatic carbocycles. The predicted octanol–water partition coefficient (Wildman–Crippen LogP) is 6.36. The van der Waals surface area contributed by atoms with Crippen LogP contribution in [0.4, 0.5) is 0 Å². The molecule has 1 radical (unpaired) electrons. The highest BCUT2D eigenvalue weighted by molar-refractivity contribution is 5.50. The fraction of sp³-hybridized carbons (Fsp3) is 0.947. The second-order valence-electron chi connectivity index (χ2n) is 6.72. The predicted molar refractivity (Wildman–Crippen MR) is 87.7 cm³/mol. The van der Waals surface area contributed by atoms with Crippen LogP contribution in [0.15, 0.2) is 0 Å². The summed E-state index contributed by atoms with van der Waals surface area (Å²) in [5.74, 6) is 1.13. The Labute approximate surface area is 126 Å². The zero-order valence-electron chi connectivity index (χ0n) is 13.5. The summed E-state index contributed by atoms with van der Waals surface area (Å²) in [4.78, 5) is 10.0. The van der Waals surface area contributed by atoms with Gasteiger partial charge in [-0.3, -0.25) is 4.79 Å². The third-order valence-corrected chi connectivity index (χ3v) is 4.59. The second-order valence-corrected chi connectivity index (χ2v) is 6.72. The quantitative estimate of drug-likeness (QED) is 0.300. The molecule has 1 aliphatic rings. The SMILES string of the molecule is O=[C]CCCCCCCCCCCCCCCC1CC1. The normalized spacial score (nSPS) is 14.6. The highest BCUT2D eigenvalue weighted by Crippen LogP contribution is 2.34. The van der Waals surface area contributed by atoms with E-state index in [1.165, 1.54) is 96.3 Å². The van der Waals surface area contributed by atoms with Crippen LogP contribution in [0.25, 0.3) is 0 Å². The van der Waals surface area contributed by atoms with Crippen LogP contribution in [0.2, 0.25) is 0 Å². The van der Waals surface area contributed by atoms with Gasteiger partial charge in [0.25, 0.3) is 0 Å². The van der Waals surface area contributed by atoms with Crippen LogP contribution < -0.4 is 0 Å². The van der Waals surface area contributed by atoms with Gasteiger partial charge in [0.1, 0.15) is 0 Å². The largest absolute Gasteiger partial charge is 0.291 e. The Kier molecular flexibility index (Phi) is 12.1. The fourth-order valence-corrected chi connectivity index (χ4v) is 2.98. The van der Waals surface area contributed by atoms with Crippen molar-refractivity contribution in [3.8, 4) is 0 Å². The number of rotatable bonds is 16.